The van der Waals surface area contributed by atoms with E-state index >= 15 is 0 Å². The fraction of sp³-hybridized carbons (Fsp3) is 0.143. The smallest absolute Gasteiger partial charge is 0.168 e. The Labute approximate surface area is 94.5 Å². The molecule has 0 N–H and O–H groups in total. The van der Waals surface area contributed by atoms with Gasteiger partial charge in [-0.05, 0) is 37.1 Å². The minimum Gasteiger partial charge on any atom is -0.454 e. The van der Waals surface area contributed by atoms with Crippen molar-refractivity contribution >= 4 is 0 Å². The van der Waals surface area contributed by atoms with Gasteiger partial charge in [-0.1, -0.05) is 30.3 Å². The van der Waals surface area contributed by atoms with Gasteiger partial charge in [-0.15, -0.1) is 0 Å². The van der Waals surface area contributed by atoms with Crippen LogP contribution in [0.2, 0.25) is 0 Å². The van der Waals surface area contributed by atoms with Crippen molar-refractivity contribution in [3.63, 3.8) is 0 Å². The molecule has 2 heteroatoms. The van der Waals surface area contributed by atoms with Gasteiger partial charge >= 0.3 is 0 Å². The quantitative estimate of drug-likeness (QED) is 0.729. The van der Waals surface area contributed by atoms with Crippen LogP contribution in [0.1, 0.15) is 11.1 Å². The number of hydrogen-bond donors (Lipinski definition) is 0. The van der Waals surface area contributed by atoms with Crippen LogP contribution in [-0.4, -0.2) is 0 Å². The largest absolute Gasteiger partial charge is 0.454 e. The van der Waals surface area contributed by atoms with Crippen LogP contribution < -0.4 is 4.74 Å². The fourth-order valence-corrected chi connectivity index (χ4v) is 1.49. The van der Waals surface area contributed by atoms with Crippen LogP contribution in [0.25, 0.3) is 0 Å². The summed E-state index contributed by atoms with van der Waals surface area (Å²) >= 11 is 0. The monoisotopic (exact) mass is 216 g/mol. The van der Waals surface area contributed by atoms with Crippen molar-refractivity contribution < 1.29 is 9.13 Å². The molecule has 0 saturated carbocycles. The lowest BCUT2D eigenvalue weighted by molar-refractivity contribution is 0.437. The van der Waals surface area contributed by atoms with Crippen molar-refractivity contribution in [2.24, 2.45) is 0 Å². The number of aryl methyl sites for hydroxylation is 2. The Morgan fingerprint density at radius 1 is 0.812 bits per heavy atom. The van der Waals surface area contributed by atoms with E-state index in [1.54, 1.807) is 25.1 Å². The SMILES string of the molecule is Cc1ccccc1Oc1cccc(C)c1F. The molecule has 0 bridgehead atoms. The molecule has 0 amide bonds. The van der Waals surface area contributed by atoms with E-state index in [2.05, 4.69) is 0 Å². The lowest BCUT2D eigenvalue weighted by atomic mass is 10.2. The molecule has 2 aromatic carbocycles. The molecule has 0 aliphatic rings. The van der Waals surface area contributed by atoms with Crippen LogP contribution in [0, 0.1) is 19.7 Å². The standard InChI is InChI=1S/C14H13FO/c1-10-6-3-4-8-12(10)16-13-9-5-7-11(2)14(13)15/h3-9H,1-2H3. The minimum atomic E-state index is -0.300. The lowest BCUT2D eigenvalue weighted by Gasteiger charge is -2.09. The van der Waals surface area contributed by atoms with Gasteiger partial charge in [0.2, 0.25) is 0 Å². The summed E-state index contributed by atoms with van der Waals surface area (Å²) in [7, 11) is 0. The third kappa shape index (κ3) is 2.06. The van der Waals surface area contributed by atoms with Crippen LogP contribution in [0.3, 0.4) is 0 Å². The summed E-state index contributed by atoms with van der Waals surface area (Å²) in [5, 5.41) is 0. The maximum absolute atomic E-state index is 13.7. The Morgan fingerprint density at radius 2 is 1.44 bits per heavy atom. The van der Waals surface area contributed by atoms with E-state index in [0.717, 1.165) is 5.56 Å². The first kappa shape index (κ1) is 10.7. The predicted molar refractivity (Wildman–Crippen MR) is 62.4 cm³/mol. The fourth-order valence-electron chi connectivity index (χ4n) is 1.49. The molecular formula is C14H13FO. The second kappa shape index (κ2) is 4.35. The van der Waals surface area contributed by atoms with Gasteiger partial charge in [-0.3, -0.25) is 0 Å². The van der Waals surface area contributed by atoms with E-state index in [-0.39, 0.29) is 11.6 Å². The third-order valence-electron chi connectivity index (χ3n) is 2.47. The van der Waals surface area contributed by atoms with E-state index in [1.165, 1.54) is 0 Å². The van der Waals surface area contributed by atoms with E-state index < -0.39 is 0 Å². The third-order valence-corrected chi connectivity index (χ3v) is 2.47. The molecule has 82 valence electrons. The van der Waals surface area contributed by atoms with Gasteiger partial charge < -0.3 is 4.74 Å². The zero-order valence-electron chi connectivity index (χ0n) is 9.33. The summed E-state index contributed by atoms with van der Waals surface area (Å²) in [6, 6.07) is 12.7. The van der Waals surface area contributed by atoms with Gasteiger partial charge in [0.05, 0.1) is 0 Å². The molecule has 2 aromatic rings. The van der Waals surface area contributed by atoms with Gasteiger partial charge in [0.15, 0.2) is 11.6 Å². The van der Waals surface area contributed by atoms with Crippen LogP contribution >= 0.6 is 0 Å². The summed E-state index contributed by atoms with van der Waals surface area (Å²) in [5.41, 5.74) is 1.58. The second-order valence-corrected chi connectivity index (χ2v) is 3.75. The van der Waals surface area contributed by atoms with Gasteiger partial charge in [-0.2, -0.15) is 0 Å². The number of halogens is 1. The van der Waals surface area contributed by atoms with E-state index in [1.807, 2.05) is 31.2 Å². The molecule has 0 aliphatic carbocycles. The first-order valence-electron chi connectivity index (χ1n) is 5.17. The molecule has 2 rings (SSSR count). The van der Waals surface area contributed by atoms with Crippen LogP contribution in [0.15, 0.2) is 42.5 Å². The molecule has 0 aromatic heterocycles. The molecule has 0 heterocycles. The Kier molecular flexibility index (Phi) is 2.91. The van der Waals surface area contributed by atoms with Crippen LogP contribution in [0.5, 0.6) is 11.5 Å². The Balaban J connectivity index is 2.35. The molecule has 0 spiro atoms. The molecule has 0 saturated heterocycles. The number of para-hydroxylation sites is 1. The van der Waals surface area contributed by atoms with E-state index in [9.17, 15) is 4.39 Å². The number of benzene rings is 2. The molecular weight excluding hydrogens is 203 g/mol. The van der Waals surface area contributed by atoms with Crippen molar-refractivity contribution in [3.05, 3.63) is 59.4 Å². The maximum Gasteiger partial charge on any atom is 0.168 e. The van der Waals surface area contributed by atoms with Crippen molar-refractivity contribution in [1.29, 1.82) is 0 Å². The van der Waals surface area contributed by atoms with Crippen molar-refractivity contribution in [3.8, 4) is 11.5 Å². The maximum atomic E-state index is 13.7. The molecule has 0 radical (unpaired) electrons. The Morgan fingerprint density at radius 3 is 2.19 bits per heavy atom. The van der Waals surface area contributed by atoms with Crippen molar-refractivity contribution in [2.75, 3.05) is 0 Å². The topological polar surface area (TPSA) is 9.23 Å². The van der Waals surface area contributed by atoms with Gasteiger partial charge in [0, 0.05) is 0 Å². The van der Waals surface area contributed by atoms with Gasteiger partial charge in [-0.25, -0.2) is 4.39 Å². The molecule has 0 atom stereocenters. The first-order valence-corrected chi connectivity index (χ1v) is 5.17. The second-order valence-electron chi connectivity index (χ2n) is 3.75. The highest BCUT2D eigenvalue weighted by atomic mass is 19.1. The molecule has 0 aliphatic heterocycles. The summed E-state index contributed by atoms with van der Waals surface area (Å²) in [5.74, 6) is 0.659. The lowest BCUT2D eigenvalue weighted by Crippen LogP contribution is -1.92. The predicted octanol–water partition coefficient (Wildman–Crippen LogP) is 4.23. The zero-order chi connectivity index (χ0) is 11.5. The van der Waals surface area contributed by atoms with Gasteiger partial charge in [0.25, 0.3) is 0 Å². The number of rotatable bonds is 2. The summed E-state index contributed by atoms with van der Waals surface area (Å²) in [6.45, 7) is 3.66. The van der Waals surface area contributed by atoms with Gasteiger partial charge in [0.1, 0.15) is 5.75 Å². The Bertz CT molecular complexity index is 506. The Hall–Kier alpha value is -1.83. The molecule has 0 fully saturated rings. The average molecular weight is 216 g/mol. The molecule has 1 nitrogen and oxygen atoms in total. The number of ether oxygens (including phenoxy) is 1. The van der Waals surface area contributed by atoms with E-state index in [4.69, 9.17) is 4.74 Å². The minimum absolute atomic E-state index is 0.273. The zero-order valence-corrected chi connectivity index (χ0v) is 9.33. The average Bonchev–Trinajstić information content (AvgIpc) is 2.28. The first-order chi connectivity index (χ1) is 7.68. The summed E-state index contributed by atoms with van der Waals surface area (Å²) < 4.78 is 19.2. The highest BCUT2D eigenvalue weighted by Crippen LogP contribution is 2.27. The van der Waals surface area contributed by atoms with Crippen LogP contribution in [-0.2, 0) is 0 Å². The molecule has 0 unspecified atom stereocenters. The highest BCUT2D eigenvalue weighted by molar-refractivity contribution is 5.38. The van der Waals surface area contributed by atoms with E-state index in [0.29, 0.717) is 11.3 Å². The normalized spacial score (nSPS) is 10.2. The highest BCUT2D eigenvalue weighted by Gasteiger charge is 2.07. The number of hydrogen-bond acceptors (Lipinski definition) is 1. The van der Waals surface area contributed by atoms with Crippen LogP contribution in [0.4, 0.5) is 4.39 Å². The van der Waals surface area contributed by atoms with Crippen molar-refractivity contribution in [1.82, 2.24) is 0 Å². The molecule has 16 heavy (non-hydrogen) atoms. The summed E-state index contributed by atoms with van der Waals surface area (Å²) in [4.78, 5) is 0. The summed E-state index contributed by atoms with van der Waals surface area (Å²) in [6.07, 6.45) is 0. The van der Waals surface area contributed by atoms with Crippen molar-refractivity contribution in [2.45, 2.75) is 13.8 Å².